The molecule has 2 aromatic carbocycles. The van der Waals surface area contributed by atoms with Gasteiger partial charge in [-0.25, -0.2) is 14.4 Å². The summed E-state index contributed by atoms with van der Waals surface area (Å²) in [4.78, 5) is 28.0. The van der Waals surface area contributed by atoms with Gasteiger partial charge in [-0.3, -0.25) is 9.69 Å². The first-order chi connectivity index (χ1) is 20.3. The van der Waals surface area contributed by atoms with Gasteiger partial charge in [0.25, 0.3) is 5.91 Å². The minimum Gasteiger partial charge on any atom is -0.490 e. The van der Waals surface area contributed by atoms with Gasteiger partial charge in [0.2, 0.25) is 0 Å². The molecule has 3 aliphatic rings. The summed E-state index contributed by atoms with van der Waals surface area (Å²) in [6.07, 6.45) is 5.18. The van der Waals surface area contributed by atoms with Crippen LogP contribution in [0.4, 0.5) is 10.2 Å². The molecular formula is C32H38FN5O4. The third-order valence-electron chi connectivity index (χ3n) is 8.66. The minimum atomic E-state index is -0.496. The lowest BCUT2D eigenvalue weighted by Crippen LogP contribution is -2.65. The fourth-order valence-electron chi connectivity index (χ4n) is 6.60. The van der Waals surface area contributed by atoms with E-state index < -0.39 is 5.82 Å². The number of halogens is 1. The van der Waals surface area contributed by atoms with E-state index in [2.05, 4.69) is 38.0 Å². The van der Waals surface area contributed by atoms with Crippen LogP contribution in [-0.4, -0.2) is 75.7 Å². The van der Waals surface area contributed by atoms with Gasteiger partial charge in [0.15, 0.2) is 11.6 Å². The second-order valence-corrected chi connectivity index (χ2v) is 12.0. The standard InChI is InChI=1S/C32H38FN5O4/c1-4-38(21(2)3)31(40)25-12-23(33)8-9-28(25)42-29-15-34-20-35-30(29)37-18-32(19-37)13-24(14-32)41-27-7-5-6-22-16-36(10-11-39)17-26(22)27/h5-9,12,15,20-21,24,39H,4,10-11,13-14,16-19H2,1-3H3. The molecule has 1 spiro atoms. The smallest absolute Gasteiger partial charge is 0.257 e. The number of hydrogen-bond acceptors (Lipinski definition) is 8. The van der Waals surface area contributed by atoms with Crippen molar-refractivity contribution >= 4 is 11.7 Å². The van der Waals surface area contributed by atoms with Crippen LogP contribution in [0.1, 0.15) is 55.1 Å². The van der Waals surface area contributed by atoms with Gasteiger partial charge in [-0.05, 0) is 63.4 Å². The number of nitrogens with zero attached hydrogens (tertiary/aromatic N) is 5. The number of aliphatic hydroxyl groups is 1. The fraction of sp³-hybridized carbons (Fsp3) is 0.469. The van der Waals surface area contributed by atoms with E-state index in [0.29, 0.717) is 24.7 Å². The highest BCUT2D eigenvalue weighted by Gasteiger charge is 2.54. The number of amides is 1. The number of fused-ring (bicyclic) bond motifs is 1. The third-order valence-corrected chi connectivity index (χ3v) is 8.66. The van der Waals surface area contributed by atoms with Gasteiger partial charge in [-0.2, -0.15) is 0 Å². The van der Waals surface area contributed by atoms with Crippen LogP contribution in [0.25, 0.3) is 0 Å². The fourth-order valence-corrected chi connectivity index (χ4v) is 6.60. The van der Waals surface area contributed by atoms with Crippen LogP contribution in [0.2, 0.25) is 0 Å². The zero-order valence-corrected chi connectivity index (χ0v) is 24.4. The SMILES string of the molecule is CCN(C(=O)c1cc(F)ccc1Oc1cncnc1N1CC2(CC(Oc3cccc4c3CN(CCO)C4)C2)C1)C(C)C. The first kappa shape index (κ1) is 28.4. The molecule has 0 unspecified atom stereocenters. The molecular weight excluding hydrogens is 537 g/mol. The molecule has 1 aromatic heterocycles. The van der Waals surface area contributed by atoms with Gasteiger partial charge in [0, 0.05) is 56.3 Å². The summed E-state index contributed by atoms with van der Waals surface area (Å²) in [5.74, 6) is 1.54. The Kier molecular flexibility index (Phi) is 7.76. The van der Waals surface area contributed by atoms with E-state index in [4.69, 9.17) is 9.47 Å². The summed E-state index contributed by atoms with van der Waals surface area (Å²) < 4.78 is 26.9. The molecule has 0 radical (unpaired) electrons. The largest absolute Gasteiger partial charge is 0.490 e. The van der Waals surface area contributed by atoms with Gasteiger partial charge in [0.05, 0.1) is 18.4 Å². The van der Waals surface area contributed by atoms with Crippen molar-refractivity contribution in [2.24, 2.45) is 5.41 Å². The zero-order chi connectivity index (χ0) is 29.4. The van der Waals surface area contributed by atoms with Crippen molar-refractivity contribution in [3.8, 4) is 17.2 Å². The van der Waals surface area contributed by atoms with Crippen molar-refractivity contribution in [1.29, 1.82) is 0 Å². The van der Waals surface area contributed by atoms with Crippen LogP contribution in [-0.2, 0) is 13.1 Å². The first-order valence-corrected chi connectivity index (χ1v) is 14.7. The Bertz CT molecular complexity index is 1450. The highest BCUT2D eigenvalue weighted by Crippen LogP contribution is 2.52. The van der Waals surface area contributed by atoms with E-state index in [1.54, 1.807) is 11.1 Å². The van der Waals surface area contributed by atoms with E-state index >= 15 is 0 Å². The normalized spacial score (nSPS) is 17.6. The lowest BCUT2D eigenvalue weighted by molar-refractivity contribution is -0.0349. The summed E-state index contributed by atoms with van der Waals surface area (Å²) in [5.41, 5.74) is 2.85. The second kappa shape index (κ2) is 11.5. The quantitative estimate of drug-likeness (QED) is 0.374. The molecule has 0 atom stereocenters. The lowest BCUT2D eigenvalue weighted by atomic mass is 9.61. The zero-order valence-electron chi connectivity index (χ0n) is 24.4. The maximum absolute atomic E-state index is 14.2. The summed E-state index contributed by atoms with van der Waals surface area (Å²) >= 11 is 0. The third kappa shape index (κ3) is 5.41. The molecule has 6 rings (SSSR count). The minimum absolute atomic E-state index is 0.0365. The number of anilines is 1. The second-order valence-electron chi connectivity index (χ2n) is 12.0. The average molecular weight is 576 g/mol. The average Bonchev–Trinajstić information content (AvgIpc) is 3.34. The molecule has 1 amide bonds. The van der Waals surface area contributed by atoms with Crippen LogP contribution < -0.4 is 14.4 Å². The highest BCUT2D eigenvalue weighted by atomic mass is 19.1. The Morgan fingerprint density at radius 2 is 1.98 bits per heavy atom. The molecule has 1 N–H and O–H groups in total. The van der Waals surface area contributed by atoms with Crippen molar-refractivity contribution in [3.05, 3.63) is 71.4 Å². The number of ether oxygens (including phenoxy) is 2. The van der Waals surface area contributed by atoms with Crippen molar-refractivity contribution in [3.63, 3.8) is 0 Å². The number of hydrogen-bond donors (Lipinski definition) is 1. The van der Waals surface area contributed by atoms with E-state index in [1.165, 1.54) is 35.7 Å². The highest BCUT2D eigenvalue weighted by molar-refractivity contribution is 5.97. The number of carbonyl (C=O) groups excluding carboxylic acids is 1. The summed E-state index contributed by atoms with van der Waals surface area (Å²) in [5, 5.41) is 9.32. The number of β-amino-alcohol motifs (C(OH)–C–C–N with tert-alkyl or cyclic N) is 1. The van der Waals surface area contributed by atoms with E-state index in [9.17, 15) is 14.3 Å². The lowest BCUT2D eigenvalue weighted by Gasteiger charge is -2.59. The topological polar surface area (TPSA) is 91.3 Å². The Morgan fingerprint density at radius 1 is 1.17 bits per heavy atom. The van der Waals surface area contributed by atoms with Gasteiger partial charge >= 0.3 is 0 Å². The Hall–Kier alpha value is -3.76. The molecule has 2 aliphatic heterocycles. The van der Waals surface area contributed by atoms with Crippen molar-refractivity contribution < 1.29 is 23.8 Å². The summed E-state index contributed by atoms with van der Waals surface area (Å²) in [7, 11) is 0. The van der Waals surface area contributed by atoms with E-state index in [0.717, 1.165) is 44.8 Å². The molecule has 3 aromatic rings. The van der Waals surface area contributed by atoms with E-state index in [-0.39, 0.29) is 41.4 Å². The molecule has 1 saturated heterocycles. The molecule has 9 nitrogen and oxygen atoms in total. The van der Waals surface area contributed by atoms with E-state index in [1.807, 2.05) is 20.8 Å². The number of rotatable bonds is 10. The monoisotopic (exact) mass is 575 g/mol. The molecule has 42 heavy (non-hydrogen) atoms. The van der Waals surface area contributed by atoms with Gasteiger partial charge in [-0.1, -0.05) is 12.1 Å². The van der Waals surface area contributed by atoms with Crippen LogP contribution in [0.15, 0.2) is 48.9 Å². The predicted molar refractivity (Wildman–Crippen MR) is 156 cm³/mol. The molecule has 3 heterocycles. The van der Waals surface area contributed by atoms with Crippen LogP contribution in [0.3, 0.4) is 0 Å². The van der Waals surface area contributed by atoms with Crippen LogP contribution in [0, 0.1) is 11.2 Å². The van der Waals surface area contributed by atoms with Crippen molar-refractivity contribution in [2.45, 2.75) is 58.8 Å². The Labute approximate surface area is 245 Å². The number of aromatic nitrogens is 2. The molecule has 222 valence electrons. The first-order valence-electron chi connectivity index (χ1n) is 14.7. The Morgan fingerprint density at radius 3 is 2.71 bits per heavy atom. The Balaban J connectivity index is 1.11. The molecule has 1 aliphatic carbocycles. The van der Waals surface area contributed by atoms with Crippen molar-refractivity contribution in [2.75, 3.05) is 37.7 Å². The summed E-state index contributed by atoms with van der Waals surface area (Å²) in [6, 6.07) is 10.2. The number of carbonyl (C=O) groups is 1. The van der Waals surface area contributed by atoms with Gasteiger partial charge in [-0.15, -0.1) is 0 Å². The maximum atomic E-state index is 14.2. The molecule has 1 saturated carbocycles. The molecule has 10 heteroatoms. The van der Waals surface area contributed by atoms with Gasteiger partial charge in [0.1, 0.15) is 29.7 Å². The predicted octanol–water partition coefficient (Wildman–Crippen LogP) is 4.63. The number of benzene rings is 2. The molecule has 0 bridgehead atoms. The van der Waals surface area contributed by atoms with Crippen LogP contribution >= 0.6 is 0 Å². The van der Waals surface area contributed by atoms with Gasteiger partial charge < -0.3 is 24.4 Å². The number of aliphatic hydroxyl groups excluding tert-OH is 1. The van der Waals surface area contributed by atoms with Crippen LogP contribution in [0.5, 0.6) is 17.2 Å². The van der Waals surface area contributed by atoms with Crippen molar-refractivity contribution in [1.82, 2.24) is 19.8 Å². The maximum Gasteiger partial charge on any atom is 0.257 e. The summed E-state index contributed by atoms with van der Waals surface area (Å²) in [6.45, 7) is 10.4. The molecule has 2 fully saturated rings.